The van der Waals surface area contributed by atoms with Gasteiger partial charge in [-0.15, -0.1) is 0 Å². The van der Waals surface area contributed by atoms with Crippen molar-refractivity contribution in [2.24, 2.45) is 5.92 Å². The quantitative estimate of drug-likeness (QED) is 0.350. The molecule has 1 amide bonds. The Kier molecular flexibility index (Phi) is 7.69. The molecular weight excluding hydrogens is 330 g/mol. The van der Waals surface area contributed by atoms with Crippen LogP contribution in [0, 0.1) is 17.2 Å². The third-order valence-corrected chi connectivity index (χ3v) is 4.40. The Morgan fingerprint density at radius 3 is 2.62 bits per heavy atom. The highest BCUT2D eigenvalue weighted by Crippen LogP contribution is 2.20. The molecule has 138 valence electrons. The van der Waals surface area contributed by atoms with Gasteiger partial charge in [-0.25, -0.2) is 0 Å². The van der Waals surface area contributed by atoms with Crippen molar-refractivity contribution in [2.45, 2.75) is 26.2 Å². The summed E-state index contributed by atoms with van der Waals surface area (Å²) in [5.41, 5.74) is 1.28. The molecule has 2 rings (SSSR count). The lowest BCUT2D eigenvalue weighted by atomic mass is 9.96. The number of ether oxygens (including phenoxy) is 1. The molecule has 1 aliphatic rings. The van der Waals surface area contributed by atoms with Gasteiger partial charge < -0.3 is 15.0 Å². The first-order valence-corrected chi connectivity index (χ1v) is 8.99. The smallest absolute Gasteiger partial charge is 0.309 e. The molecule has 1 saturated heterocycles. The minimum atomic E-state index is -0.290. The van der Waals surface area contributed by atoms with E-state index in [1.54, 1.807) is 11.8 Å². The fourth-order valence-electron chi connectivity index (χ4n) is 2.93. The van der Waals surface area contributed by atoms with Crippen LogP contribution in [0.3, 0.4) is 0 Å². The lowest BCUT2D eigenvalue weighted by Gasteiger charge is -2.30. The maximum absolute atomic E-state index is 12.5. The Morgan fingerprint density at radius 1 is 1.31 bits per heavy atom. The monoisotopic (exact) mass is 355 g/mol. The van der Waals surface area contributed by atoms with Crippen LogP contribution in [0.15, 0.2) is 42.1 Å². The summed E-state index contributed by atoms with van der Waals surface area (Å²) in [6, 6.07) is 12.0. The van der Waals surface area contributed by atoms with Crippen molar-refractivity contribution in [3.63, 3.8) is 0 Å². The van der Waals surface area contributed by atoms with E-state index in [9.17, 15) is 14.9 Å². The average molecular weight is 355 g/mol. The Balaban J connectivity index is 1.81. The molecule has 26 heavy (non-hydrogen) atoms. The molecule has 0 saturated carbocycles. The first-order chi connectivity index (χ1) is 12.7. The number of nitriles is 1. The average Bonchev–Trinajstić information content (AvgIpc) is 2.69. The van der Waals surface area contributed by atoms with Gasteiger partial charge in [0.1, 0.15) is 11.6 Å². The summed E-state index contributed by atoms with van der Waals surface area (Å²) >= 11 is 0. The highest BCUT2D eigenvalue weighted by Gasteiger charge is 2.29. The van der Waals surface area contributed by atoms with Crippen molar-refractivity contribution in [2.75, 3.05) is 26.2 Å². The van der Waals surface area contributed by atoms with Gasteiger partial charge in [0.2, 0.25) is 0 Å². The third-order valence-electron chi connectivity index (χ3n) is 4.40. The number of nitrogens with zero attached hydrogens (tertiary/aromatic N) is 2. The predicted molar refractivity (Wildman–Crippen MR) is 97.8 cm³/mol. The Hall–Kier alpha value is -2.81. The van der Waals surface area contributed by atoms with E-state index in [0.29, 0.717) is 39.1 Å². The van der Waals surface area contributed by atoms with Crippen molar-refractivity contribution >= 4 is 11.9 Å². The summed E-state index contributed by atoms with van der Waals surface area (Å²) in [5.74, 6) is -0.641. The van der Waals surface area contributed by atoms with Crippen molar-refractivity contribution in [3.8, 4) is 6.07 Å². The number of esters is 1. The maximum Gasteiger partial charge on any atom is 0.309 e. The number of likely N-dealkylation sites (tertiary alicyclic amines) is 1. The molecular formula is C20H25N3O3. The van der Waals surface area contributed by atoms with Crippen molar-refractivity contribution in [1.29, 1.82) is 5.26 Å². The van der Waals surface area contributed by atoms with Crippen LogP contribution in [0.2, 0.25) is 0 Å². The first-order valence-electron chi connectivity index (χ1n) is 8.99. The molecule has 0 unspecified atom stereocenters. The Bertz CT molecular complexity index is 671. The van der Waals surface area contributed by atoms with Crippen LogP contribution in [-0.4, -0.2) is 43.0 Å². The SMILES string of the molecule is CCOC(=O)C1CCN(C(=O)/C(C#N)=C\NCCc2ccccc2)CC1. The molecule has 0 spiro atoms. The summed E-state index contributed by atoms with van der Waals surface area (Å²) in [5, 5.41) is 12.3. The van der Waals surface area contributed by atoms with Gasteiger partial charge in [0.15, 0.2) is 0 Å². The van der Waals surface area contributed by atoms with E-state index in [4.69, 9.17) is 4.74 Å². The Morgan fingerprint density at radius 2 is 2.00 bits per heavy atom. The fourth-order valence-corrected chi connectivity index (χ4v) is 2.93. The second kappa shape index (κ2) is 10.2. The van der Waals surface area contributed by atoms with E-state index in [2.05, 4.69) is 5.32 Å². The standard InChI is InChI=1S/C20H25N3O3/c1-2-26-20(25)17-9-12-23(13-10-17)19(24)18(14-21)15-22-11-8-16-6-4-3-5-7-16/h3-7,15,17,22H,2,8-13H2,1H3/b18-15-. The second-order valence-corrected chi connectivity index (χ2v) is 6.18. The van der Waals surface area contributed by atoms with Crippen LogP contribution in [0.5, 0.6) is 0 Å². The first kappa shape index (κ1) is 19.5. The minimum Gasteiger partial charge on any atom is -0.466 e. The lowest BCUT2D eigenvalue weighted by Crippen LogP contribution is -2.41. The minimum absolute atomic E-state index is 0.0904. The lowest BCUT2D eigenvalue weighted by molar-refractivity contribution is -0.150. The number of benzene rings is 1. The highest BCUT2D eigenvalue weighted by atomic mass is 16.5. The Labute approximate surface area is 154 Å². The number of piperidine rings is 1. The topological polar surface area (TPSA) is 82.4 Å². The molecule has 1 aromatic rings. The van der Waals surface area contributed by atoms with Crippen LogP contribution in [0.1, 0.15) is 25.3 Å². The van der Waals surface area contributed by atoms with Crippen LogP contribution in [0.25, 0.3) is 0 Å². The number of nitrogens with one attached hydrogen (secondary N) is 1. The largest absolute Gasteiger partial charge is 0.466 e. The highest BCUT2D eigenvalue weighted by molar-refractivity contribution is 5.97. The summed E-state index contributed by atoms with van der Waals surface area (Å²) < 4.78 is 5.03. The fraction of sp³-hybridized carbons (Fsp3) is 0.450. The van der Waals surface area contributed by atoms with E-state index >= 15 is 0 Å². The molecule has 0 aliphatic carbocycles. The number of rotatable bonds is 7. The van der Waals surface area contributed by atoms with Crippen LogP contribution < -0.4 is 5.32 Å². The molecule has 6 heteroatoms. The summed E-state index contributed by atoms with van der Waals surface area (Å²) in [7, 11) is 0. The van der Waals surface area contributed by atoms with Gasteiger partial charge >= 0.3 is 5.97 Å². The van der Waals surface area contributed by atoms with Gasteiger partial charge in [0.05, 0.1) is 12.5 Å². The second-order valence-electron chi connectivity index (χ2n) is 6.18. The summed E-state index contributed by atoms with van der Waals surface area (Å²) in [6.07, 6.45) is 3.45. The molecule has 1 aliphatic heterocycles. The molecule has 6 nitrogen and oxygen atoms in total. The van der Waals surface area contributed by atoms with Gasteiger partial charge in [0, 0.05) is 25.8 Å². The molecule has 0 bridgehead atoms. The molecule has 1 N–H and O–H groups in total. The van der Waals surface area contributed by atoms with E-state index in [1.807, 2.05) is 36.4 Å². The van der Waals surface area contributed by atoms with Gasteiger partial charge in [-0.3, -0.25) is 9.59 Å². The van der Waals surface area contributed by atoms with E-state index in [0.717, 1.165) is 6.42 Å². The van der Waals surface area contributed by atoms with E-state index in [1.165, 1.54) is 11.8 Å². The number of amides is 1. The number of carbonyl (C=O) groups is 2. The molecule has 1 heterocycles. The zero-order valence-electron chi connectivity index (χ0n) is 15.1. The number of hydrogen-bond donors (Lipinski definition) is 1. The molecule has 0 radical (unpaired) electrons. The van der Waals surface area contributed by atoms with E-state index in [-0.39, 0.29) is 23.4 Å². The molecule has 1 fully saturated rings. The van der Waals surface area contributed by atoms with Gasteiger partial charge in [-0.2, -0.15) is 5.26 Å². The van der Waals surface area contributed by atoms with E-state index < -0.39 is 0 Å². The predicted octanol–water partition coefficient (Wildman–Crippen LogP) is 2.03. The molecule has 1 aromatic carbocycles. The molecule has 0 aromatic heterocycles. The summed E-state index contributed by atoms with van der Waals surface area (Å²) in [6.45, 7) is 3.73. The normalized spacial score (nSPS) is 15.2. The van der Waals surface area contributed by atoms with Crippen molar-refractivity contribution < 1.29 is 14.3 Å². The zero-order valence-corrected chi connectivity index (χ0v) is 15.1. The third kappa shape index (κ3) is 5.62. The number of carbonyl (C=O) groups excluding carboxylic acids is 2. The number of hydrogen-bond acceptors (Lipinski definition) is 5. The van der Waals surface area contributed by atoms with Gasteiger partial charge in [-0.1, -0.05) is 30.3 Å². The van der Waals surface area contributed by atoms with Crippen molar-refractivity contribution in [3.05, 3.63) is 47.7 Å². The van der Waals surface area contributed by atoms with Crippen LogP contribution >= 0.6 is 0 Å². The zero-order chi connectivity index (χ0) is 18.8. The van der Waals surface area contributed by atoms with Crippen LogP contribution in [-0.2, 0) is 20.7 Å². The maximum atomic E-state index is 12.5. The van der Waals surface area contributed by atoms with Gasteiger partial charge in [0.25, 0.3) is 5.91 Å². The van der Waals surface area contributed by atoms with Crippen LogP contribution in [0.4, 0.5) is 0 Å². The van der Waals surface area contributed by atoms with Crippen molar-refractivity contribution in [1.82, 2.24) is 10.2 Å². The molecule has 0 atom stereocenters. The van der Waals surface area contributed by atoms with Gasteiger partial charge in [-0.05, 0) is 31.7 Å². The summed E-state index contributed by atoms with van der Waals surface area (Å²) in [4.78, 5) is 25.9.